The van der Waals surface area contributed by atoms with Crippen LogP contribution >= 0.6 is 0 Å². The summed E-state index contributed by atoms with van der Waals surface area (Å²) in [7, 11) is 0. The van der Waals surface area contributed by atoms with Crippen LogP contribution in [0.4, 0.5) is 0 Å². The van der Waals surface area contributed by atoms with Crippen molar-refractivity contribution in [3.8, 4) is 0 Å². The highest BCUT2D eigenvalue weighted by Gasteiger charge is 2.22. The summed E-state index contributed by atoms with van der Waals surface area (Å²) in [5.41, 5.74) is 0. The molecule has 1 N–H and O–H groups in total. The van der Waals surface area contributed by atoms with Gasteiger partial charge in [0.1, 0.15) is 0 Å². The fourth-order valence-electron chi connectivity index (χ4n) is 1.86. The number of unbranched alkanes of at least 4 members (excludes halogenated alkanes) is 5. The topological polar surface area (TPSA) is 47.6 Å². The maximum atomic E-state index is 11.5. The average Bonchev–Trinajstić information content (AvgIpc) is 2.38. The van der Waals surface area contributed by atoms with E-state index in [2.05, 4.69) is 12.2 Å². The van der Waals surface area contributed by atoms with Crippen LogP contribution in [-0.2, 0) is 14.3 Å². The summed E-state index contributed by atoms with van der Waals surface area (Å²) in [6, 6.07) is 0. The summed E-state index contributed by atoms with van der Waals surface area (Å²) in [5.74, 6) is -0.217. The predicted molar refractivity (Wildman–Crippen MR) is 66.9 cm³/mol. The zero-order chi connectivity index (χ0) is 12.3. The van der Waals surface area contributed by atoms with Crippen molar-refractivity contribution in [3.05, 3.63) is 0 Å². The maximum Gasteiger partial charge on any atom is 0.336 e. The van der Waals surface area contributed by atoms with E-state index in [1.54, 1.807) is 0 Å². The van der Waals surface area contributed by atoms with E-state index in [1.165, 1.54) is 25.7 Å². The number of carbonyl (C=O) groups is 1. The van der Waals surface area contributed by atoms with Gasteiger partial charge in [0.05, 0.1) is 13.2 Å². The Kier molecular flexibility index (Phi) is 8.01. The van der Waals surface area contributed by atoms with Gasteiger partial charge in [-0.2, -0.15) is 0 Å². The van der Waals surface area contributed by atoms with E-state index in [0.717, 1.165) is 19.4 Å². The molecule has 1 heterocycles. The van der Waals surface area contributed by atoms with Crippen molar-refractivity contribution < 1.29 is 14.3 Å². The summed E-state index contributed by atoms with van der Waals surface area (Å²) in [6.07, 6.45) is 6.82. The first-order valence-electron chi connectivity index (χ1n) is 6.83. The van der Waals surface area contributed by atoms with Gasteiger partial charge in [-0.3, -0.25) is 0 Å². The van der Waals surface area contributed by atoms with Crippen molar-refractivity contribution in [2.45, 2.75) is 51.6 Å². The Labute approximate surface area is 104 Å². The van der Waals surface area contributed by atoms with Crippen LogP contribution in [0.1, 0.15) is 45.4 Å². The molecule has 0 amide bonds. The molecule has 100 valence electrons. The third kappa shape index (κ3) is 6.64. The van der Waals surface area contributed by atoms with Crippen molar-refractivity contribution in [2.75, 3.05) is 26.3 Å². The molecule has 0 aromatic heterocycles. The molecule has 0 saturated carbocycles. The number of esters is 1. The molecule has 4 nitrogen and oxygen atoms in total. The van der Waals surface area contributed by atoms with Crippen molar-refractivity contribution in [2.24, 2.45) is 0 Å². The second-order valence-corrected chi connectivity index (χ2v) is 4.50. The van der Waals surface area contributed by atoms with E-state index in [4.69, 9.17) is 9.47 Å². The van der Waals surface area contributed by atoms with Gasteiger partial charge in [-0.1, -0.05) is 39.0 Å². The van der Waals surface area contributed by atoms with Crippen molar-refractivity contribution in [1.82, 2.24) is 5.32 Å². The lowest BCUT2D eigenvalue weighted by Crippen LogP contribution is -2.43. The normalized spacial score (nSPS) is 20.2. The van der Waals surface area contributed by atoms with E-state index >= 15 is 0 Å². The van der Waals surface area contributed by atoms with E-state index in [1.807, 2.05) is 0 Å². The van der Waals surface area contributed by atoms with Crippen molar-refractivity contribution in [3.63, 3.8) is 0 Å². The first-order chi connectivity index (χ1) is 8.34. The van der Waals surface area contributed by atoms with Gasteiger partial charge in [0.25, 0.3) is 0 Å². The number of morpholine rings is 1. The standard InChI is InChI=1S/C13H25NO3/c1-2-3-4-5-6-7-9-17-13(15)12-11-14-8-10-16-12/h12,14H,2-11H2,1H3. The van der Waals surface area contributed by atoms with Crippen LogP contribution in [-0.4, -0.2) is 38.4 Å². The Morgan fingerprint density at radius 2 is 2.06 bits per heavy atom. The lowest BCUT2D eigenvalue weighted by atomic mass is 10.1. The molecule has 0 radical (unpaired) electrons. The van der Waals surface area contributed by atoms with Crippen molar-refractivity contribution >= 4 is 5.97 Å². The predicted octanol–water partition coefficient (Wildman–Crippen LogP) is 1.88. The van der Waals surface area contributed by atoms with E-state index < -0.39 is 6.10 Å². The molecule has 1 aliphatic heterocycles. The molecule has 0 aliphatic carbocycles. The molecule has 0 bridgehead atoms. The summed E-state index contributed by atoms with van der Waals surface area (Å²) in [5, 5.41) is 3.11. The molecule has 17 heavy (non-hydrogen) atoms. The minimum atomic E-state index is -0.399. The minimum Gasteiger partial charge on any atom is -0.464 e. The Morgan fingerprint density at radius 1 is 1.29 bits per heavy atom. The third-order valence-corrected chi connectivity index (χ3v) is 2.93. The summed E-state index contributed by atoms with van der Waals surface area (Å²) >= 11 is 0. The Balaban J connectivity index is 1.92. The third-order valence-electron chi connectivity index (χ3n) is 2.93. The molecular formula is C13H25NO3. The molecule has 1 aliphatic rings. The Morgan fingerprint density at radius 3 is 2.76 bits per heavy atom. The molecule has 0 spiro atoms. The van der Waals surface area contributed by atoms with Gasteiger partial charge in [-0.15, -0.1) is 0 Å². The number of hydrogen-bond acceptors (Lipinski definition) is 4. The zero-order valence-electron chi connectivity index (χ0n) is 10.9. The Hall–Kier alpha value is -0.610. The van der Waals surface area contributed by atoms with Crippen molar-refractivity contribution in [1.29, 1.82) is 0 Å². The van der Waals surface area contributed by atoms with Crippen LogP contribution < -0.4 is 5.32 Å². The molecule has 1 saturated heterocycles. The molecule has 1 atom stereocenters. The molecule has 1 unspecified atom stereocenters. The van der Waals surface area contributed by atoms with Crippen LogP contribution in [0.2, 0.25) is 0 Å². The molecule has 0 aromatic rings. The van der Waals surface area contributed by atoms with Crippen LogP contribution in [0, 0.1) is 0 Å². The molecule has 0 aromatic carbocycles. The SMILES string of the molecule is CCCCCCCCOC(=O)C1CNCCO1. The first kappa shape index (κ1) is 14.5. The van der Waals surface area contributed by atoms with Crippen LogP contribution in [0.5, 0.6) is 0 Å². The number of ether oxygens (including phenoxy) is 2. The van der Waals surface area contributed by atoms with Gasteiger partial charge >= 0.3 is 5.97 Å². The lowest BCUT2D eigenvalue weighted by Gasteiger charge is -2.21. The zero-order valence-corrected chi connectivity index (χ0v) is 10.9. The number of nitrogens with one attached hydrogen (secondary N) is 1. The highest BCUT2D eigenvalue weighted by atomic mass is 16.6. The fourth-order valence-corrected chi connectivity index (χ4v) is 1.86. The smallest absolute Gasteiger partial charge is 0.336 e. The average molecular weight is 243 g/mol. The van der Waals surface area contributed by atoms with Crippen LogP contribution in [0.25, 0.3) is 0 Å². The molecular weight excluding hydrogens is 218 g/mol. The highest BCUT2D eigenvalue weighted by molar-refractivity contribution is 5.75. The van der Waals surface area contributed by atoms with Gasteiger partial charge in [-0.25, -0.2) is 4.79 Å². The molecule has 4 heteroatoms. The van der Waals surface area contributed by atoms with Crippen LogP contribution in [0.15, 0.2) is 0 Å². The summed E-state index contributed by atoms with van der Waals surface area (Å²) in [4.78, 5) is 11.5. The molecule has 1 fully saturated rings. The number of carbonyl (C=O) groups excluding carboxylic acids is 1. The molecule has 1 rings (SSSR count). The van der Waals surface area contributed by atoms with E-state index in [9.17, 15) is 4.79 Å². The lowest BCUT2D eigenvalue weighted by molar-refractivity contribution is -0.158. The minimum absolute atomic E-state index is 0.217. The second kappa shape index (κ2) is 9.42. The van der Waals surface area contributed by atoms with Gasteiger partial charge < -0.3 is 14.8 Å². The quantitative estimate of drug-likeness (QED) is 0.522. The number of rotatable bonds is 8. The highest BCUT2D eigenvalue weighted by Crippen LogP contribution is 2.06. The Bertz CT molecular complexity index is 203. The monoisotopic (exact) mass is 243 g/mol. The van der Waals surface area contributed by atoms with E-state index in [0.29, 0.717) is 19.8 Å². The fraction of sp³-hybridized carbons (Fsp3) is 0.923. The van der Waals surface area contributed by atoms with Gasteiger partial charge in [0.2, 0.25) is 0 Å². The first-order valence-corrected chi connectivity index (χ1v) is 6.83. The van der Waals surface area contributed by atoms with E-state index in [-0.39, 0.29) is 5.97 Å². The summed E-state index contributed by atoms with van der Waals surface area (Å²) in [6.45, 7) is 4.73. The summed E-state index contributed by atoms with van der Waals surface area (Å²) < 4.78 is 10.5. The largest absolute Gasteiger partial charge is 0.464 e. The van der Waals surface area contributed by atoms with Gasteiger partial charge in [0, 0.05) is 13.1 Å². The van der Waals surface area contributed by atoms with Crippen LogP contribution in [0.3, 0.4) is 0 Å². The number of hydrogen-bond donors (Lipinski definition) is 1. The second-order valence-electron chi connectivity index (χ2n) is 4.50. The van der Waals surface area contributed by atoms with Gasteiger partial charge in [0.15, 0.2) is 6.10 Å². The maximum absolute atomic E-state index is 11.5. The van der Waals surface area contributed by atoms with Gasteiger partial charge in [-0.05, 0) is 6.42 Å².